The highest BCUT2D eigenvalue weighted by atomic mass is 14.7. The van der Waals surface area contributed by atoms with Gasteiger partial charge in [0.25, 0.3) is 0 Å². The molecular formula is C15H15N. The lowest BCUT2D eigenvalue weighted by atomic mass is 9.91. The first kappa shape index (κ1) is 9.59. The lowest BCUT2D eigenvalue weighted by Crippen LogP contribution is -2.07. The molecule has 0 saturated carbocycles. The molecule has 1 heteroatoms. The van der Waals surface area contributed by atoms with Crippen LogP contribution in [0.5, 0.6) is 0 Å². The Morgan fingerprint density at radius 2 is 2.06 bits per heavy atom. The maximum Gasteiger partial charge on any atom is 0.0708 e. The van der Waals surface area contributed by atoms with Crippen molar-refractivity contribution in [2.45, 2.75) is 20.3 Å². The molecule has 16 heavy (non-hydrogen) atoms. The molecule has 1 atom stereocenters. The van der Waals surface area contributed by atoms with Crippen LogP contribution in [0.15, 0.2) is 30.3 Å². The van der Waals surface area contributed by atoms with Crippen LogP contribution in [0.2, 0.25) is 0 Å². The van der Waals surface area contributed by atoms with Crippen molar-refractivity contribution in [3.8, 4) is 0 Å². The summed E-state index contributed by atoms with van der Waals surface area (Å²) in [5, 5.41) is 1.28. The van der Waals surface area contributed by atoms with Crippen LogP contribution in [0.3, 0.4) is 0 Å². The highest BCUT2D eigenvalue weighted by molar-refractivity contribution is 5.86. The van der Waals surface area contributed by atoms with Gasteiger partial charge in [-0.15, -0.1) is 0 Å². The number of rotatable bonds is 0. The van der Waals surface area contributed by atoms with Gasteiger partial charge in [-0.25, -0.2) is 0 Å². The minimum Gasteiger partial charge on any atom is -0.252 e. The van der Waals surface area contributed by atoms with E-state index in [0.29, 0.717) is 5.92 Å². The number of para-hydroxylation sites is 1. The van der Waals surface area contributed by atoms with Crippen molar-refractivity contribution >= 4 is 17.0 Å². The van der Waals surface area contributed by atoms with Crippen LogP contribution < -0.4 is 0 Å². The van der Waals surface area contributed by atoms with Crippen molar-refractivity contribution in [1.82, 2.24) is 4.98 Å². The molecule has 0 radical (unpaired) electrons. The molecule has 0 N–H and O–H groups in total. The van der Waals surface area contributed by atoms with Gasteiger partial charge in [0, 0.05) is 11.1 Å². The van der Waals surface area contributed by atoms with Crippen molar-refractivity contribution in [2.75, 3.05) is 0 Å². The molecule has 0 saturated heterocycles. The van der Waals surface area contributed by atoms with Crippen LogP contribution in [0, 0.1) is 12.8 Å². The maximum atomic E-state index is 4.78. The Hall–Kier alpha value is -1.63. The summed E-state index contributed by atoms with van der Waals surface area (Å²) in [7, 11) is 0. The number of benzene rings is 1. The van der Waals surface area contributed by atoms with E-state index in [-0.39, 0.29) is 0 Å². The summed E-state index contributed by atoms with van der Waals surface area (Å²) in [6.07, 6.45) is 5.58. The van der Waals surface area contributed by atoms with E-state index in [1.165, 1.54) is 22.2 Å². The molecule has 0 spiro atoms. The topological polar surface area (TPSA) is 12.9 Å². The van der Waals surface area contributed by atoms with Crippen LogP contribution in [0.1, 0.15) is 23.7 Å². The summed E-state index contributed by atoms with van der Waals surface area (Å²) >= 11 is 0. The Morgan fingerprint density at radius 1 is 1.25 bits per heavy atom. The molecule has 0 bridgehead atoms. The first-order chi connectivity index (χ1) is 7.75. The second-order valence-corrected chi connectivity index (χ2v) is 4.65. The largest absolute Gasteiger partial charge is 0.252 e. The molecular weight excluding hydrogens is 194 g/mol. The molecule has 1 aliphatic carbocycles. The van der Waals surface area contributed by atoms with Crippen molar-refractivity contribution < 1.29 is 0 Å². The van der Waals surface area contributed by atoms with Gasteiger partial charge in [-0.05, 0) is 36.5 Å². The van der Waals surface area contributed by atoms with Crippen molar-refractivity contribution in [3.05, 3.63) is 47.2 Å². The molecule has 0 fully saturated rings. The highest BCUT2D eigenvalue weighted by Crippen LogP contribution is 2.28. The van der Waals surface area contributed by atoms with Crippen LogP contribution in [-0.4, -0.2) is 4.98 Å². The monoisotopic (exact) mass is 209 g/mol. The van der Waals surface area contributed by atoms with Crippen LogP contribution in [0.4, 0.5) is 0 Å². The third-order valence-electron chi connectivity index (χ3n) is 3.39. The van der Waals surface area contributed by atoms with Gasteiger partial charge in [0.05, 0.1) is 5.52 Å². The summed E-state index contributed by atoms with van der Waals surface area (Å²) in [5.74, 6) is 0.612. The third kappa shape index (κ3) is 1.35. The Kier molecular flexibility index (Phi) is 2.06. The molecule has 1 aromatic heterocycles. The fraction of sp³-hybridized carbons (Fsp3) is 0.267. The standard InChI is InChI=1S/C15H15N/c1-10-7-8-13-11(2)12-5-3-4-6-14(12)16-15(13)9-10/h3-8,10H,9H2,1-2H3. The zero-order valence-corrected chi connectivity index (χ0v) is 9.70. The van der Waals surface area contributed by atoms with E-state index in [2.05, 4.69) is 50.3 Å². The predicted octanol–water partition coefficient (Wildman–Crippen LogP) is 3.75. The zero-order chi connectivity index (χ0) is 11.1. The van der Waals surface area contributed by atoms with E-state index >= 15 is 0 Å². The van der Waals surface area contributed by atoms with Gasteiger partial charge in [-0.3, -0.25) is 4.98 Å². The van der Waals surface area contributed by atoms with E-state index in [0.717, 1.165) is 11.9 Å². The first-order valence-electron chi connectivity index (χ1n) is 5.82. The number of aromatic nitrogens is 1. The summed E-state index contributed by atoms with van der Waals surface area (Å²) in [5.41, 5.74) is 5.08. The average molecular weight is 209 g/mol. The second kappa shape index (κ2) is 3.44. The zero-order valence-electron chi connectivity index (χ0n) is 9.70. The number of nitrogens with zero attached hydrogens (tertiary/aromatic N) is 1. The number of allylic oxidation sites excluding steroid dienone is 1. The van der Waals surface area contributed by atoms with E-state index < -0.39 is 0 Å². The molecule has 80 valence electrons. The quantitative estimate of drug-likeness (QED) is 0.644. The predicted molar refractivity (Wildman–Crippen MR) is 68.4 cm³/mol. The fourth-order valence-electron chi connectivity index (χ4n) is 2.47. The molecule has 0 amide bonds. The Labute approximate surface area is 95.8 Å². The van der Waals surface area contributed by atoms with Gasteiger partial charge in [0.15, 0.2) is 0 Å². The molecule has 1 nitrogen and oxygen atoms in total. The number of hydrogen-bond donors (Lipinski definition) is 0. The lowest BCUT2D eigenvalue weighted by Gasteiger charge is -2.18. The number of pyridine rings is 1. The van der Waals surface area contributed by atoms with Gasteiger partial charge < -0.3 is 0 Å². The Morgan fingerprint density at radius 3 is 2.94 bits per heavy atom. The Bertz CT molecular complexity index is 581. The number of hydrogen-bond acceptors (Lipinski definition) is 1. The highest BCUT2D eigenvalue weighted by Gasteiger charge is 2.15. The van der Waals surface area contributed by atoms with Gasteiger partial charge in [-0.2, -0.15) is 0 Å². The van der Waals surface area contributed by atoms with Gasteiger partial charge in [-0.1, -0.05) is 37.3 Å². The van der Waals surface area contributed by atoms with Gasteiger partial charge >= 0.3 is 0 Å². The lowest BCUT2D eigenvalue weighted by molar-refractivity contribution is 0.701. The van der Waals surface area contributed by atoms with Crippen molar-refractivity contribution in [1.29, 1.82) is 0 Å². The molecule has 3 rings (SSSR count). The fourth-order valence-corrected chi connectivity index (χ4v) is 2.47. The molecule has 1 heterocycles. The average Bonchev–Trinajstić information content (AvgIpc) is 2.29. The summed E-state index contributed by atoms with van der Waals surface area (Å²) < 4.78 is 0. The second-order valence-electron chi connectivity index (χ2n) is 4.65. The van der Waals surface area contributed by atoms with Gasteiger partial charge in [0.2, 0.25) is 0 Å². The minimum absolute atomic E-state index is 0.612. The molecule has 1 aromatic carbocycles. The third-order valence-corrected chi connectivity index (χ3v) is 3.39. The smallest absolute Gasteiger partial charge is 0.0708 e. The summed E-state index contributed by atoms with van der Waals surface area (Å²) in [6.45, 7) is 4.44. The minimum atomic E-state index is 0.612. The van der Waals surface area contributed by atoms with Gasteiger partial charge in [0.1, 0.15) is 0 Å². The van der Waals surface area contributed by atoms with E-state index in [1.807, 2.05) is 0 Å². The first-order valence-corrected chi connectivity index (χ1v) is 5.82. The maximum absolute atomic E-state index is 4.78. The van der Waals surface area contributed by atoms with Crippen LogP contribution >= 0.6 is 0 Å². The van der Waals surface area contributed by atoms with E-state index in [1.54, 1.807) is 0 Å². The van der Waals surface area contributed by atoms with Crippen molar-refractivity contribution in [2.24, 2.45) is 5.92 Å². The summed E-state index contributed by atoms with van der Waals surface area (Å²) in [4.78, 5) is 4.78. The Balaban J connectivity index is 2.35. The number of aryl methyl sites for hydroxylation is 1. The van der Waals surface area contributed by atoms with Crippen LogP contribution in [0.25, 0.3) is 17.0 Å². The molecule has 1 aliphatic rings. The molecule has 2 aromatic rings. The molecule has 1 unspecified atom stereocenters. The SMILES string of the molecule is Cc1c2c(nc3ccccc13)CC(C)C=C2. The van der Waals surface area contributed by atoms with E-state index in [9.17, 15) is 0 Å². The number of fused-ring (bicyclic) bond motifs is 2. The normalized spacial score (nSPS) is 18.8. The van der Waals surface area contributed by atoms with E-state index in [4.69, 9.17) is 4.98 Å². The molecule has 0 aliphatic heterocycles. The van der Waals surface area contributed by atoms with Crippen LogP contribution in [-0.2, 0) is 6.42 Å². The van der Waals surface area contributed by atoms with Crippen molar-refractivity contribution in [3.63, 3.8) is 0 Å². The summed E-state index contributed by atoms with van der Waals surface area (Å²) in [6, 6.07) is 8.40.